The van der Waals surface area contributed by atoms with Crippen LogP contribution in [0.4, 0.5) is 0 Å². The molecular formula is C20H26IN5S2. The molecular weight excluding hydrogens is 501 g/mol. The van der Waals surface area contributed by atoms with Gasteiger partial charge in [-0.15, -0.1) is 46.7 Å². The van der Waals surface area contributed by atoms with E-state index in [0.29, 0.717) is 13.1 Å². The SMILES string of the molecule is CN=C(NCc1csc(CCc2ccccc2)n1)NCc1nc(C)c(C)s1.I. The number of aliphatic imine (C=N–C) groups is 1. The van der Waals surface area contributed by atoms with Gasteiger partial charge in [-0.3, -0.25) is 4.99 Å². The summed E-state index contributed by atoms with van der Waals surface area (Å²) >= 11 is 3.44. The molecule has 0 aliphatic heterocycles. The highest BCUT2D eigenvalue weighted by atomic mass is 127. The maximum atomic E-state index is 4.73. The van der Waals surface area contributed by atoms with Crippen LogP contribution in [-0.4, -0.2) is 23.0 Å². The number of halogens is 1. The van der Waals surface area contributed by atoms with Gasteiger partial charge in [-0.05, 0) is 25.8 Å². The molecule has 150 valence electrons. The lowest BCUT2D eigenvalue weighted by Gasteiger charge is -2.09. The Morgan fingerprint density at radius 3 is 2.43 bits per heavy atom. The zero-order chi connectivity index (χ0) is 19.1. The van der Waals surface area contributed by atoms with Crippen molar-refractivity contribution in [2.24, 2.45) is 4.99 Å². The van der Waals surface area contributed by atoms with Crippen molar-refractivity contribution in [2.75, 3.05) is 7.05 Å². The van der Waals surface area contributed by atoms with E-state index in [2.05, 4.69) is 63.2 Å². The predicted molar refractivity (Wildman–Crippen MR) is 130 cm³/mol. The lowest BCUT2D eigenvalue weighted by atomic mass is 10.1. The molecule has 2 aromatic heterocycles. The van der Waals surface area contributed by atoms with E-state index in [1.807, 2.05) is 6.92 Å². The lowest BCUT2D eigenvalue weighted by molar-refractivity contribution is 0.789. The lowest BCUT2D eigenvalue weighted by Crippen LogP contribution is -2.36. The zero-order valence-corrected chi connectivity index (χ0v) is 20.3. The first-order valence-electron chi connectivity index (χ1n) is 8.98. The predicted octanol–water partition coefficient (Wildman–Crippen LogP) is 4.48. The number of thiazole rings is 2. The normalized spacial score (nSPS) is 11.2. The third kappa shape index (κ3) is 6.82. The first kappa shape index (κ1) is 22.8. The van der Waals surface area contributed by atoms with Gasteiger partial charge in [0.05, 0.1) is 29.5 Å². The van der Waals surface area contributed by atoms with Gasteiger partial charge in [-0.25, -0.2) is 9.97 Å². The van der Waals surface area contributed by atoms with Gasteiger partial charge in [-0.1, -0.05) is 30.3 Å². The number of guanidine groups is 1. The van der Waals surface area contributed by atoms with E-state index < -0.39 is 0 Å². The Morgan fingerprint density at radius 2 is 1.75 bits per heavy atom. The van der Waals surface area contributed by atoms with Crippen molar-refractivity contribution in [3.63, 3.8) is 0 Å². The highest BCUT2D eigenvalue weighted by molar-refractivity contribution is 14.0. The van der Waals surface area contributed by atoms with Crippen LogP contribution >= 0.6 is 46.7 Å². The van der Waals surface area contributed by atoms with E-state index in [0.717, 1.165) is 35.2 Å². The van der Waals surface area contributed by atoms with Crippen LogP contribution in [0.1, 0.15) is 31.8 Å². The minimum absolute atomic E-state index is 0. The smallest absolute Gasteiger partial charge is 0.191 e. The van der Waals surface area contributed by atoms with E-state index in [4.69, 9.17) is 4.98 Å². The van der Waals surface area contributed by atoms with Gasteiger partial charge in [0.25, 0.3) is 0 Å². The molecule has 0 radical (unpaired) electrons. The molecule has 0 saturated carbocycles. The van der Waals surface area contributed by atoms with E-state index in [1.165, 1.54) is 15.4 Å². The molecule has 0 saturated heterocycles. The molecule has 2 heterocycles. The molecule has 3 aromatic rings. The van der Waals surface area contributed by atoms with Gasteiger partial charge in [0.2, 0.25) is 0 Å². The summed E-state index contributed by atoms with van der Waals surface area (Å²) in [7, 11) is 1.78. The van der Waals surface area contributed by atoms with E-state index >= 15 is 0 Å². The fraction of sp³-hybridized carbons (Fsp3) is 0.350. The third-order valence-electron chi connectivity index (χ3n) is 4.21. The van der Waals surface area contributed by atoms with Gasteiger partial charge in [0.15, 0.2) is 5.96 Å². The number of hydrogen-bond donors (Lipinski definition) is 2. The Morgan fingerprint density at radius 1 is 1.00 bits per heavy atom. The standard InChI is InChI=1S/C20H25N5S2.HI/c1-14-15(2)27-19(24-14)12-23-20(21-3)22-11-17-13-26-18(25-17)10-9-16-7-5-4-6-8-16;/h4-8,13H,9-12H2,1-3H3,(H2,21,22,23);1H. The minimum atomic E-state index is 0. The summed E-state index contributed by atoms with van der Waals surface area (Å²) in [5, 5.41) is 11.0. The summed E-state index contributed by atoms with van der Waals surface area (Å²) in [5.41, 5.74) is 3.50. The number of hydrogen-bond acceptors (Lipinski definition) is 5. The van der Waals surface area contributed by atoms with Crippen LogP contribution < -0.4 is 10.6 Å². The molecule has 1 aromatic carbocycles. The number of nitrogens with one attached hydrogen (secondary N) is 2. The second-order valence-electron chi connectivity index (χ2n) is 6.25. The zero-order valence-electron chi connectivity index (χ0n) is 16.4. The van der Waals surface area contributed by atoms with Crippen molar-refractivity contribution in [3.8, 4) is 0 Å². The molecule has 0 amide bonds. The first-order valence-corrected chi connectivity index (χ1v) is 10.7. The van der Waals surface area contributed by atoms with Crippen molar-refractivity contribution in [2.45, 2.75) is 39.8 Å². The molecule has 0 spiro atoms. The van der Waals surface area contributed by atoms with Crippen molar-refractivity contribution in [1.29, 1.82) is 0 Å². The largest absolute Gasteiger partial charge is 0.351 e. The fourth-order valence-electron chi connectivity index (χ4n) is 2.61. The van der Waals surface area contributed by atoms with Crippen LogP contribution in [0.5, 0.6) is 0 Å². The molecule has 0 fully saturated rings. The molecule has 28 heavy (non-hydrogen) atoms. The number of aryl methyl sites for hydroxylation is 4. The monoisotopic (exact) mass is 527 g/mol. The molecule has 0 aliphatic rings. The van der Waals surface area contributed by atoms with Gasteiger partial charge in [0.1, 0.15) is 5.01 Å². The van der Waals surface area contributed by atoms with Gasteiger partial charge < -0.3 is 10.6 Å². The fourth-order valence-corrected chi connectivity index (χ4v) is 4.28. The van der Waals surface area contributed by atoms with Crippen LogP contribution in [0.3, 0.4) is 0 Å². The third-order valence-corrected chi connectivity index (χ3v) is 6.24. The summed E-state index contributed by atoms with van der Waals surface area (Å²) in [6, 6.07) is 10.5. The van der Waals surface area contributed by atoms with E-state index in [9.17, 15) is 0 Å². The summed E-state index contributed by atoms with van der Waals surface area (Å²) in [6.07, 6.45) is 2.00. The Kier molecular flexibility index (Phi) is 9.33. The summed E-state index contributed by atoms with van der Waals surface area (Å²) in [5.74, 6) is 0.763. The van der Waals surface area contributed by atoms with Crippen molar-refractivity contribution < 1.29 is 0 Å². The molecule has 0 atom stereocenters. The number of aromatic nitrogens is 2. The summed E-state index contributed by atoms with van der Waals surface area (Å²) in [4.78, 5) is 14.8. The quantitative estimate of drug-likeness (QED) is 0.270. The average molecular weight is 528 g/mol. The molecule has 0 bridgehead atoms. The van der Waals surface area contributed by atoms with Gasteiger partial charge >= 0.3 is 0 Å². The molecule has 3 rings (SSSR count). The molecule has 5 nitrogen and oxygen atoms in total. The topological polar surface area (TPSA) is 62.2 Å². The van der Waals surface area contributed by atoms with Crippen LogP contribution in [-0.2, 0) is 25.9 Å². The molecule has 0 unspecified atom stereocenters. The minimum Gasteiger partial charge on any atom is -0.351 e. The Hall–Kier alpha value is -1.52. The van der Waals surface area contributed by atoms with E-state index in [1.54, 1.807) is 29.7 Å². The maximum Gasteiger partial charge on any atom is 0.191 e. The molecule has 8 heteroatoms. The summed E-state index contributed by atoms with van der Waals surface area (Å²) in [6.45, 7) is 5.48. The Bertz CT molecular complexity index is 870. The highest BCUT2D eigenvalue weighted by Gasteiger charge is 2.06. The molecule has 0 aliphatic carbocycles. The van der Waals surface area contributed by atoms with Crippen molar-refractivity contribution >= 4 is 52.6 Å². The van der Waals surface area contributed by atoms with Crippen LogP contribution in [0.25, 0.3) is 0 Å². The van der Waals surface area contributed by atoms with Crippen molar-refractivity contribution in [3.05, 3.63) is 67.6 Å². The second-order valence-corrected chi connectivity index (χ2v) is 8.48. The average Bonchev–Trinajstić information content (AvgIpc) is 3.27. The van der Waals surface area contributed by atoms with Crippen LogP contribution in [0.2, 0.25) is 0 Å². The molecule has 2 N–H and O–H groups in total. The Labute approximate surface area is 191 Å². The van der Waals surface area contributed by atoms with Crippen LogP contribution in [0.15, 0.2) is 40.7 Å². The summed E-state index contributed by atoms with van der Waals surface area (Å²) < 4.78 is 0. The van der Waals surface area contributed by atoms with Gasteiger partial charge in [0, 0.05) is 23.7 Å². The number of nitrogens with zero attached hydrogens (tertiary/aromatic N) is 3. The van der Waals surface area contributed by atoms with Crippen LogP contribution in [0, 0.1) is 13.8 Å². The highest BCUT2D eigenvalue weighted by Crippen LogP contribution is 2.16. The van der Waals surface area contributed by atoms with Crippen molar-refractivity contribution in [1.82, 2.24) is 20.6 Å². The Balaban J connectivity index is 0.00000280. The number of benzene rings is 1. The van der Waals surface area contributed by atoms with E-state index in [-0.39, 0.29) is 24.0 Å². The first-order chi connectivity index (χ1) is 13.1. The number of rotatable bonds is 7. The second kappa shape index (κ2) is 11.5. The van der Waals surface area contributed by atoms with Gasteiger partial charge in [-0.2, -0.15) is 0 Å². The maximum absolute atomic E-state index is 4.73.